The van der Waals surface area contributed by atoms with E-state index in [1.165, 1.54) is 0 Å². The molecule has 3 N–H and O–H groups in total. The summed E-state index contributed by atoms with van der Waals surface area (Å²) < 4.78 is 24.8. The lowest BCUT2D eigenvalue weighted by Gasteiger charge is -2.14. The molecule has 8 heteroatoms. The first-order valence-electron chi connectivity index (χ1n) is 5.85. The monoisotopic (exact) mass is 392 g/mol. The Morgan fingerprint density at radius 3 is 2.33 bits per heavy atom. The summed E-state index contributed by atoms with van der Waals surface area (Å²) in [4.78, 5) is 4.05. The van der Waals surface area contributed by atoms with E-state index in [1.807, 2.05) is 13.8 Å². The zero-order chi connectivity index (χ0) is 13.3. The van der Waals surface area contributed by atoms with Crippen molar-refractivity contribution in [3.8, 4) is 0 Å². The minimum Gasteiger partial charge on any atom is -0.356 e. The Morgan fingerprint density at radius 1 is 1.28 bits per heavy atom. The molecule has 0 spiro atoms. The number of rotatable bonds is 7. The van der Waals surface area contributed by atoms with Crippen molar-refractivity contribution in [3.63, 3.8) is 0 Å². The highest BCUT2D eigenvalue weighted by atomic mass is 127. The van der Waals surface area contributed by atoms with Crippen LogP contribution in [0.25, 0.3) is 0 Å². The number of guanidine groups is 1. The predicted molar refractivity (Wildman–Crippen MR) is 87.1 cm³/mol. The highest BCUT2D eigenvalue weighted by molar-refractivity contribution is 14.0. The molecular weight excluding hydrogens is 367 g/mol. The summed E-state index contributed by atoms with van der Waals surface area (Å²) in [5, 5.41) is 6.26. The van der Waals surface area contributed by atoms with Crippen LogP contribution in [0.3, 0.4) is 0 Å². The predicted octanol–water partition coefficient (Wildman–Crippen LogP) is 0.507. The molecule has 0 bridgehead atoms. The Balaban J connectivity index is 0. The summed E-state index contributed by atoms with van der Waals surface area (Å²) in [6, 6.07) is 0.319. The van der Waals surface area contributed by atoms with Gasteiger partial charge in [0, 0.05) is 26.2 Å². The maximum Gasteiger partial charge on any atom is 0.211 e. The fourth-order valence-electron chi connectivity index (χ4n) is 1.09. The normalized spacial score (nSPS) is 12.2. The van der Waals surface area contributed by atoms with Gasteiger partial charge in [0.2, 0.25) is 10.0 Å². The van der Waals surface area contributed by atoms with Crippen molar-refractivity contribution < 1.29 is 8.42 Å². The molecule has 0 aromatic rings. The number of sulfonamides is 1. The average Bonchev–Trinajstić information content (AvgIpc) is 2.26. The van der Waals surface area contributed by atoms with Crippen molar-refractivity contribution in [1.29, 1.82) is 0 Å². The Labute approximate surface area is 127 Å². The van der Waals surface area contributed by atoms with E-state index >= 15 is 0 Å². The summed E-state index contributed by atoms with van der Waals surface area (Å²) >= 11 is 0. The number of nitrogens with one attached hydrogen (secondary N) is 3. The molecule has 0 aliphatic carbocycles. The van der Waals surface area contributed by atoms with Crippen LogP contribution in [0.1, 0.15) is 27.2 Å². The van der Waals surface area contributed by atoms with Crippen LogP contribution in [-0.2, 0) is 10.0 Å². The van der Waals surface area contributed by atoms with Crippen LogP contribution in [0, 0.1) is 0 Å². The molecule has 0 amide bonds. The van der Waals surface area contributed by atoms with Crippen molar-refractivity contribution in [1.82, 2.24) is 15.4 Å². The first-order chi connectivity index (χ1) is 7.91. The second-order valence-electron chi connectivity index (χ2n) is 3.95. The van der Waals surface area contributed by atoms with Gasteiger partial charge in [0.25, 0.3) is 0 Å². The minimum atomic E-state index is -3.07. The Bertz CT molecular complexity index is 331. The standard InChI is InChI=1S/C10H24N4O2S.HI/c1-5-17(15,16)13-8-6-7-12-10(11-4)14-9(2)3;/h9,13H,5-8H2,1-4H3,(H2,11,12,14);1H. The van der Waals surface area contributed by atoms with E-state index in [0.717, 1.165) is 12.4 Å². The second kappa shape index (κ2) is 10.8. The molecule has 6 nitrogen and oxygen atoms in total. The molecule has 0 saturated carbocycles. The Hall–Kier alpha value is -0.0900. The summed E-state index contributed by atoms with van der Waals surface area (Å²) in [5.74, 6) is 0.857. The highest BCUT2D eigenvalue weighted by Crippen LogP contribution is 1.84. The second-order valence-corrected chi connectivity index (χ2v) is 6.04. The number of halogens is 1. The molecule has 0 aromatic carbocycles. The SMILES string of the molecule is CCS(=O)(=O)NCCCNC(=NC)NC(C)C.I. The topological polar surface area (TPSA) is 82.6 Å². The maximum atomic E-state index is 11.1. The van der Waals surface area contributed by atoms with Crippen LogP contribution in [0.15, 0.2) is 4.99 Å². The van der Waals surface area contributed by atoms with Crippen molar-refractivity contribution in [2.45, 2.75) is 33.2 Å². The van der Waals surface area contributed by atoms with Crippen LogP contribution < -0.4 is 15.4 Å². The lowest BCUT2D eigenvalue weighted by Crippen LogP contribution is -2.42. The van der Waals surface area contributed by atoms with Crippen LogP contribution in [-0.4, -0.2) is 46.3 Å². The Kier molecular flexibility index (Phi) is 12.1. The summed E-state index contributed by atoms with van der Waals surface area (Å²) in [6.07, 6.45) is 0.720. The lowest BCUT2D eigenvalue weighted by atomic mass is 10.4. The summed E-state index contributed by atoms with van der Waals surface area (Å²) in [5.41, 5.74) is 0. The number of hydrogen-bond acceptors (Lipinski definition) is 3. The first kappa shape index (κ1) is 20.2. The van der Waals surface area contributed by atoms with Gasteiger partial charge in [-0.25, -0.2) is 13.1 Å². The van der Waals surface area contributed by atoms with Crippen molar-refractivity contribution in [2.24, 2.45) is 4.99 Å². The molecule has 110 valence electrons. The van der Waals surface area contributed by atoms with Crippen molar-refractivity contribution in [3.05, 3.63) is 0 Å². The number of hydrogen-bond donors (Lipinski definition) is 3. The van der Waals surface area contributed by atoms with Crippen molar-refractivity contribution in [2.75, 3.05) is 25.9 Å². The molecule has 0 saturated heterocycles. The van der Waals surface area contributed by atoms with Gasteiger partial charge >= 0.3 is 0 Å². The van der Waals surface area contributed by atoms with Crippen LogP contribution in [0.4, 0.5) is 0 Å². The molecule has 0 radical (unpaired) electrons. The fourth-order valence-corrected chi connectivity index (χ4v) is 1.75. The van der Waals surface area contributed by atoms with Gasteiger partial charge in [-0.05, 0) is 27.2 Å². The van der Waals surface area contributed by atoms with Crippen LogP contribution in [0.2, 0.25) is 0 Å². The van der Waals surface area contributed by atoms with E-state index in [1.54, 1.807) is 14.0 Å². The van der Waals surface area contributed by atoms with Gasteiger partial charge < -0.3 is 10.6 Å². The number of aliphatic imine (C=N–C) groups is 1. The Morgan fingerprint density at radius 2 is 1.89 bits per heavy atom. The van der Waals surface area contributed by atoms with Gasteiger partial charge in [-0.2, -0.15) is 0 Å². The van der Waals surface area contributed by atoms with E-state index in [-0.39, 0.29) is 29.7 Å². The van der Waals surface area contributed by atoms with Gasteiger partial charge in [-0.3, -0.25) is 4.99 Å². The van der Waals surface area contributed by atoms with Gasteiger partial charge in [0.15, 0.2) is 5.96 Å². The number of nitrogens with zero attached hydrogens (tertiary/aromatic N) is 1. The molecule has 0 fully saturated rings. The summed E-state index contributed by atoms with van der Waals surface area (Å²) in [7, 11) is -1.36. The molecular formula is C10H25IN4O2S. The van der Waals surface area contributed by atoms with Gasteiger partial charge in [-0.15, -0.1) is 24.0 Å². The van der Waals surface area contributed by atoms with E-state index in [4.69, 9.17) is 0 Å². The summed E-state index contributed by atoms with van der Waals surface area (Å²) in [6.45, 7) is 6.81. The van der Waals surface area contributed by atoms with Crippen LogP contribution >= 0.6 is 24.0 Å². The quantitative estimate of drug-likeness (QED) is 0.255. The molecule has 0 rings (SSSR count). The van der Waals surface area contributed by atoms with Crippen molar-refractivity contribution >= 4 is 40.0 Å². The maximum absolute atomic E-state index is 11.1. The molecule has 0 atom stereocenters. The largest absolute Gasteiger partial charge is 0.356 e. The van der Waals surface area contributed by atoms with Gasteiger partial charge in [0.1, 0.15) is 0 Å². The van der Waals surface area contributed by atoms with E-state index < -0.39 is 10.0 Å². The molecule has 0 aliphatic heterocycles. The van der Waals surface area contributed by atoms with Gasteiger partial charge in [0.05, 0.1) is 5.75 Å². The molecule has 0 aliphatic rings. The smallest absolute Gasteiger partial charge is 0.211 e. The molecule has 0 heterocycles. The third-order valence-corrected chi connectivity index (χ3v) is 3.40. The average molecular weight is 392 g/mol. The zero-order valence-corrected chi connectivity index (χ0v) is 14.6. The fraction of sp³-hybridized carbons (Fsp3) is 0.900. The van der Waals surface area contributed by atoms with Crippen LogP contribution in [0.5, 0.6) is 0 Å². The molecule has 0 unspecified atom stereocenters. The third-order valence-electron chi connectivity index (χ3n) is 2.00. The highest BCUT2D eigenvalue weighted by Gasteiger charge is 2.04. The lowest BCUT2D eigenvalue weighted by molar-refractivity contribution is 0.579. The third kappa shape index (κ3) is 11.0. The minimum absolute atomic E-state index is 0. The zero-order valence-electron chi connectivity index (χ0n) is 11.5. The molecule has 18 heavy (non-hydrogen) atoms. The molecule has 0 aromatic heterocycles. The van der Waals surface area contributed by atoms with E-state index in [2.05, 4.69) is 20.3 Å². The van der Waals surface area contributed by atoms with E-state index in [0.29, 0.717) is 19.1 Å². The van der Waals surface area contributed by atoms with E-state index in [9.17, 15) is 8.42 Å². The first-order valence-corrected chi connectivity index (χ1v) is 7.51. The van der Waals surface area contributed by atoms with Gasteiger partial charge in [-0.1, -0.05) is 0 Å².